The average molecular weight is 458 g/mol. The van der Waals surface area contributed by atoms with Crippen LogP contribution in [-0.4, -0.2) is 54.0 Å². The summed E-state index contributed by atoms with van der Waals surface area (Å²) < 4.78 is 11.1. The molecule has 0 bridgehead atoms. The second-order valence-electron chi connectivity index (χ2n) is 8.60. The van der Waals surface area contributed by atoms with Gasteiger partial charge in [0.25, 0.3) is 0 Å². The zero-order valence-electron chi connectivity index (χ0n) is 18.6. The first kappa shape index (κ1) is 22.7. The number of aliphatic hydroxyl groups is 1. The monoisotopic (exact) mass is 457 g/mol. The number of anilines is 1. The molecule has 0 aliphatic carbocycles. The fourth-order valence-corrected chi connectivity index (χ4v) is 5.15. The molecular weight excluding hydrogens is 430 g/mol. The summed E-state index contributed by atoms with van der Waals surface area (Å²) in [5.41, 5.74) is 9.12. The Morgan fingerprint density at radius 2 is 2.09 bits per heavy atom. The topological polar surface area (TPSA) is 118 Å². The molecule has 2 aliphatic heterocycles. The zero-order valence-corrected chi connectivity index (χ0v) is 19.3. The van der Waals surface area contributed by atoms with Crippen molar-refractivity contribution in [2.45, 2.75) is 45.4 Å². The second-order valence-corrected chi connectivity index (χ2v) is 8.98. The molecule has 9 heteroatoms. The van der Waals surface area contributed by atoms with E-state index in [-0.39, 0.29) is 24.2 Å². The molecule has 0 unspecified atom stereocenters. The number of aryl methyl sites for hydroxylation is 1. The van der Waals surface area contributed by atoms with Gasteiger partial charge in [-0.1, -0.05) is 11.6 Å². The highest BCUT2D eigenvalue weighted by Gasteiger charge is 2.47. The van der Waals surface area contributed by atoms with E-state index in [4.69, 9.17) is 36.8 Å². The van der Waals surface area contributed by atoms with Crippen molar-refractivity contribution in [3.05, 3.63) is 34.1 Å². The largest absolute Gasteiger partial charge is 0.494 e. The van der Waals surface area contributed by atoms with Gasteiger partial charge in [-0.25, -0.2) is 9.97 Å². The number of nitrogens with zero attached hydrogens (tertiary/aromatic N) is 4. The molecule has 2 atom stereocenters. The van der Waals surface area contributed by atoms with Gasteiger partial charge in [0.1, 0.15) is 11.8 Å². The van der Waals surface area contributed by atoms with Crippen LogP contribution in [0.2, 0.25) is 5.02 Å². The molecule has 170 valence electrons. The summed E-state index contributed by atoms with van der Waals surface area (Å²) in [6.45, 7) is 5.89. The van der Waals surface area contributed by atoms with Crippen LogP contribution in [0.5, 0.6) is 5.75 Å². The van der Waals surface area contributed by atoms with Crippen molar-refractivity contribution < 1.29 is 14.6 Å². The molecule has 0 radical (unpaired) electrons. The van der Waals surface area contributed by atoms with E-state index in [1.165, 1.54) is 7.11 Å². The highest BCUT2D eigenvalue weighted by atomic mass is 35.5. The van der Waals surface area contributed by atoms with Crippen molar-refractivity contribution in [2.24, 2.45) is 11.1 Å². The first-order valence-corrected chi connectivity index (χ1v) is 11.1. The third-order valence-corrected chi connectivity index (χ3v) is 7.23. The second kappa shape index (κ2) is 8.83. The lowest BCUT2D eigenvalue weighted by Crippen LogP contribution is -2.51. The number of aromatic nitrogens is 2. The SMILES string of the molecule is COc1c(C#N)ccc(-c2nc(CO)c(N3CCC4(CC3)CO[C@@H](C)[C@H]4N)nc2C)c1Cl. The molecule has 8 nitrogen and oxygen atoms in total. The van der Waals surface area contributed by atoms with E-state index in [1.807, 2.05) is 13.8 Å². The van der Waals surface area contributed by atoms with Crippen molar-refractivity contribution in [3.63, 3.8) is 0 Å². The summed E-state index contributed by atoms with van der Waals surface area (Å²) in [4.78, 5) is 11.7. The molecule has 1 aromatic heterocycles. The van der Waals surface area contributed by atoms with Gasteiger partial charge in [0.15, 0.2) is 11.6 Å². The fourth-order valence-electron chi connectivity index (χ4n) is 4.82. The maximum atomic E-state index is 10.1. The summed E-state index contributed by atoms with van der Waals surface area (Å²) >= 11 is 6.54. The first-order chi connectivity index (χ1) is 15.3. The minimum absolute atomic E-state index is 0.00424. The molecule has 3 heterocycles. The molecule has 2 saturated heterocycles. The van der Waals surface area contributed by atoms with Crippen LogP contribution in [0.1, 0.15) is 36.7 Å². The maximum Gasteiger partial charge on any atom is 0.155 e. The minimum Gasteiger partial charge on any atom is -0.494 e. The molecule has 0 saturated carbocycles. The van der Waals surface area contributed by atoms with E-state index in [2.05, 4.69) is 11.0 Å². The van der Waals surface area contributed by atoms with Gasteiger partial charge in [0, 0.05) is 30.1 Å². The summed E-state index contributed by atoms with van der Waals surface area (Å²) in [5.74, 6) is 0.981. The van der Waals surface area contributed by atoms with Crippen molar-refractivity contribution in [1.82, 2.24) is 9.97 Å². The standard InChI is InChI=1S/C23H28ClN5O3/c1-13-19(16-5-4-15(10-25)20(31-3)18(16)24)28-17(11-30)22(27-13)29-8-6-23(7-9-29)12-32-14(2)21(23)26/h4-5,14,21,30H,6-9,11-12,26H2,1-3H3/t14-,21+/m0/s1. The Labute approximate surface area is 192 Å². The normalized spacial score (nSPS) is 22.2. The van der Waals surface area contributed by atoms with Gasteiger partial charge < -0.3 is 25.2 Å². The number of halogens is 1. The van der Waals surface area contributed by atoms with Gasteiger partial charge in [-0.2, -0.15) is 5.26 Å². The summed E-state index contributed by atoms with van der Waals surface area (Å²) in [7, 11) is 1.47. The molecule has 1 aromatic carbocycles. The predicted molar refractivity (Wildman–Crippen MR) is 122 cm³/mol. The number of benzene rings is 1. The molecule has 1 spiro atoms. The minimum atomic E-state index is -0.248. The van der Waals surface area contributed by atoms with Crippen LogP contribution in [0.15, 0.2) is 12.1 Å². The van der Waals surface area contributed by atoms with Crippen molar-refractivity contribution in [1.29, 1.82) is 5.26 Å². The van der Waals surface area contributed by atoms with Crippen LogP contribution in [0.25, 0.3) is 11.3 Å². The predicted octanol–water partition coefficient (Wildman–Crippen LogP) is 2.81. The van der Waals surface area contributed by atoms with Crippen LogP contribution >= 0.6 is 11.6 Å². The molecule has 2 aliphatic rings. The van der Waals surface area contributed by atoms with Crippen LogP contribution in [0.3, 0.4) is 0 Å². The third-order valence-electron chi connectivity index (χ3n) is 6.85. The number of piperidine rings is 1. The lowest BCUT2D eigenvalue weighted by atomic mass is 9.73. The number of nitrogens with two attached hydrogens (primary N) is 1. The summed E-state index contributed by atoms with van der Waals surface area (Å²) in [5, 5.41) is 19.7. The van der Waals surface area contributed by atoms with Gasteiger partial charge in [0.2, 0.25) is 0 Å². The van der Waals surface area contributed by atoms with Crippen LogP contribution in [0, 0.1) is 23.7 Å². The number of rotatable bonds is 4. The average Bonchev–Trinajstić information content (AvgIpc) is 3.08. The number of methoxy groups -OCH3 is 1. The number of aliphatic hydroxyl groups excluding tert-OH is 1. The van der Waals surface area contributed by atoms with Gasteiger partial charge in [-0.05, 0) is 38.8 Å². The van der Waals surface area contributed by atoms with Crippen molar-refractivity contribution in [2.75, 3.05) is 31.7 Å². The first-order valence-electron chi connectivity index (χ1n) is 10.7. The van der Waals surface area contributed by atoms with E-state index in [9.17, 15) is 10.4 Å². The fraction of sp³-hybridized carbons (Fsp3) is 0.522. The van der Waals surface area contributed by atoms with E-state index >= 15 is 0 Å². The van der Waals surface area contributed by atoms with Gasteiger partial charge in [-0.3, -0.25) is 0 Å². The van der Waals surface area contributed by atoms with E-state index < -0.39 is 0 Å². The molecule has 0 amide bonds. The Morgan fingerprint density at radius 1 is 1.38 bits per heavy atom. The zero-order chi connectivity index (χ0) is 23.0. The molecule has 2 aromatic rings. The molecule has 32 heavy (non-hydrogen) atoms. The molecule has 4 rings (SSSR count). The van der Waals surface area contributed by atoms with Gasteiger partial charge in [-0.15, -0.1) is 0 Å². The summed E-state index contributed by atoms with van der Waals surface area (Å²) in [6.07, 6.45) is 1.89. The third kappa shape index (κ3) is 3.69. The Kier molecular flexibility index (Phi) is 6.28. The van der Waals surface area contributed by atoms with Crippen LogP contribution in [0.4, 0.5) is 5.82 Å². The number of ether oxygens (including phenoxy) is 2. The Morgan fingerprint density at radius 3 is 2.66 bits per heavy atom. The number of nitriles is 1. The summed E-state index contributed by atoms with van der Waals surface area (Å²) in [6, 6.07) is 5.48. The Hall–Kier alpha value is -2.44. The van der Waals surface area contributed by atoms with Gasteiger partial charge >= 0.3 is 0 Å². The Bertz CT molecular complexity index is 1060. The van der Waals surface area contributed by atoms with Crippen molar-refractivity contribution >= 4 is 17.4 Å². The number of hydrogen-bond donors (Lipinski definition) is 2. The Balaban J connectivity index is 1.65. The highest BCUT2D eigenvalue weighted by molar-refractivity contribution is 6.35. The molecule has 3 N–H and O–H groups in total. The van der Waals surface area contributed by atoms with Gasteiger partial charge in [0.05, 0.1) is 48.4 Å². The lowest BCUT2D eigenvalue weighted by Gasteiger charge is -2.42. The van der Waals surface area contributed by atoms with Crippen LogP contribution in [-0.2, 0) is 11.3 Å². The lowest BCUT2D eigenvalue weighted by molar-refractivity contribution is 0.0973. The van der Waals surface area contributed by atoms with E-state index in [0.717, 1.165) is 25.9 Å². The quantitative estimate of drug-likeness (QED) is 0.719. The maximum absolute atomic E-state index is 10.1. The van der Waals surface area contributed by atoms with Crippen molar-refractivity contribution in [3.8, 4) is 23.1 Å². The molecular formula is C23H28ClN5O3. The van der Waals surface area contributed by atoms with Crippen LogP contribution < -0.4 is 15.4 Å². The highest BCUT2D eigenvalue weighted by Crippen LogP contribution is 2.43. The van der Waals surface area contributed by atoms with E-state index in [1.54, 1.807) is 12.1 Å². The molecule has 2 fully saturated rings. The number of hydrogen-bond acceptors (Lipinski definition) is 8. The smallest absolute Gasteiger partial charge is 0.155 e. The van der Waals surface area contributed by atoms with E-state index in [0.29, 0.717) is 51.4 Å².